The van der Waals surface area contributed by atoms with E-state index in [-0.39, 0.29) is 0 Å². The predicted octanol–water partition coefficient (Wildman–Crippen LogP) is 1.86. The molecule has 1 N–H and O–H groups in total. The van der Waals surface area contributed by atoms with Gasteiger partial charge in [0.05, 0.1) is 0 Å². The van der Waals surface area contributed by atoms with Gasteiger partial charge >= 0.3 is 0 Å². The van der Waals surface area contributed by atoms with Gasteiger partial charge in [-0.25, -0.2) is 0 Å². The lowest BCUT2D eigenvalue weighted by Gasteiger charge is -2.24. The van der Waals surface area contributed by atoms with Crippen molar-refractivity contribution in [3.63, 3.8) is 0 Å². The van der Waals surface area contributed by atoms with Gasteiger partial charge < -0.3 is 10.2 Å². The summed E-state index contributed by atoms with van der Waals surface area (Å²) in [5, 5.41) is 3.69. The van der Waals surface area contributed by atoms with E-state index in [9.17, 15) is 0 Å². The molecule has 2 aliphatic heterocycles. The number of piperidine rings is 1. The largest absolute Gasteiger partial charge is 0.312 e. The zero-order chi connectivity index (χ0) is 10.1. The molecule has 2 atom stereocenters. The van der Waals surface area contributed by atoms with Gasteiger partial charge in [-0.15, -0.1) is 0 Å². The summed E-state index contributed by atoms with van der Waals surface area (Å²) in [6.45, 7) is 5.38. The molecule has 0 amide bonds. The van der Waals surface area contributed by atoms with Crippen LogP contribution in [0.3, 0.4) is 0 Å². The summed E-state index contributed by atoms with van der Waals surface area (Å²) >= 11 is 0. The lowest BCUT2D eigenvalue weighted by Crippen LogP contribution is -2.40. The minimum atomic E-state index is 0.833. The molecule has 3 aliphatic rings. The molecule has 1 saturated carbocycles. The van der Waals surface area contributed by atoms with E-state index in [4.69, 9.17) is 0 Å². The van der Waals surface area contributed by atoms with E-state index in [1.165, 1.54) is 64.7 Å². The van der Waals surface area contributed by atoms with Crippen molar-refractivity contribution in [2.75, 3.05) is 26.2 Å². The molecule has 3 fully saturated rings. The Balaban J connectivity index is 1.51. The first-order chi connectivity index (χ1) is 7.42. The number of fused-ring (bicyclic) bond motifs is 1. The van der Waals surface area contributed by atoms with E-state index in [1.807, 2.05) is 0 Å². The molecule has 2 unspecified atom stereocenters. The molecule has 0 aromatic heterocycles. The van der Waals surface area contributed by atoms with Gasteiger partial charge in [-0.1, -0.05) is 12.8 Å². The van der Waals surface area contributed by atoms with Crippen molar-refractivity contribution < 1.29 is 0 Å². The molecule has 86 valence electrons. The van der Waals surface area contributed by atoms with Crippen molar-refractivity contribution in [3.8, 4) is 0 Å². The maximum Gasteiger partial charge on any atom is 0.0235 e. The Hall–Kier alpha value is -0.0800. The van der Waals surface area contributed by atoms with Crippen LogP contribution in [0.4, 0.5) is 0 Å². The quantitative estimate of drug-likeness (QED) is 0.745. The molecule has 1 aliphatic carbocycles. The molecule has 15 heavy (non-hydrogen) atoms. The Labute approximate surface area is 93.4 Å². The normalized spacial score (nSPS) is 38.4. The lowest BCUT2D eigenvalue weighted by atomic mass is 9.94. The van der Waals surface area contributed by atoms with Gasteiger partial charge in [-0.2, -0.15) is 0 Å². The second kappa shape index (κ2) is 4.42. The molecule has 0 spiro atoms. The van der Waals surface area contributed by atoms with E-state index in [0.717, 1.165) is 17.9 Å². The Morgan fingerprint density at radius 3 is 2.67 bits per heavy atom. The molecule has 2 heteroatoms. The van der Waals surface area contributed by atoms with Crippen LogP contribution >= 0.6 is 0 Å². The van der Waals surface area contributed by atoms with Crippen LogP contribution in [0.1, 0.15) is 38.5 Å². The van der Waals surface area contributed by atoms with Gasteiger partial charge in [0.2, 0.25) is 0 Å². The van der Waals surface area contributed by atoms with E-state index in [0.29, 0.717) is 0 Å². The fraction of sp³-hybridized carbons (Fsp3) is 1.00. The minimum absolute atomic E-state index is 0.833. The first-order valence-electron chi connectivity index (χ1n) is 6.87. The average Bonchev–Trinajstić information content (AvgIpc) is 2.86. The van der Waals surface area contributed by atoms with Gasteiger partial charge in [-0.05, 0) is 44.1 Å². The number of rotatable bonds is 2. The first-order valence-corrected chi connectivity index (χ1v) is 6.87. The van der Waals surface area contributed by atoms with Gasteiger partial charge in [0.25, 0.3) is 0 Å². The van der Waals surface area contributed by atoms with Crippen LogP contribution in [0.25, 0.3) is 0 Å². The summed E-state index contributed by atoms with van der Waals surface area (Å²) in [6.07, 6.45) is 8.85. The molecule has 3 rings (SSSR count). The van der Waals surface area contributed by atoms with Crippen molar-refractivity contribution in [2.24, 2.45) is 11.8 Å². The second-order valence-corrected chi connectivity index (χ2v) is 5.83. The molecule has 0 bridgehead atoms. The topological polar surface area (TPSA) is 15.3 Å². The van der Waals surface area contributed by atoms with Crippen LogP contribution in [-0.4, -0.2) is 37.1 Å². The summed E-state index contributed by atoms with van der Waals surface area (Å²) in [4.78, 5) is 2.74. The van der Waals surface area contributed by atoms with Crippen LogP contribution in [0.15, 0.2) is 0 Å². The Kier molecular flexibility index (Phi) is 2.98. The highest BCUT2D eigenvalue weighted by Gasteiger charge is 2.34. The molecule has 0 aromatic carbocycles. The maximum atomic E-state index is 3.69. The van der Waals surface area contributed by atoms with Gasteiger partial charge in [0.1, 0.15) is 0 Å². The van der Waals surface area contributed by atoms with Crippen LogP contribution in [-0.2, 0) is 0 Å². The first kappa shape index (κ1) is 10.1. The smallest absolute Gasteiger partial charge is 0.0235 e. The Bertz CT molecular complexity index is 197. The number of hydrogen-bond acceptors (Lipinski definition) is 2. The molecular formula is C13H24N2. The van der Waals surface area contributed by atoms with Crippen molar-refractivity contribution in [2.45, 2.75) is 44.6 Å². The number of likely N-dealkylation sites (tertiary alicyclic amines) is 1. The average molecular weight is 208 g/mol. The summed E-state index contributed by atoms with van der Waals surface area (Å²) in [5.74, 6) is 2.00. The molecule has 2 nitrogen and oxygen atoms in total. The minimum Gasteiger partial charge on any atom is -0.312 e. The third-order valence-corrected chi connectivity index (χ3v) is 4.67. The number of nitrogens with zero attached hydrogens (tertiary/aromatic N) is 1. The summed E-state index contributed by atoms with van der Waals surface area (Å²) < 4.78 is 0. The van der Waals surface area contributed by atoms with Gasteiger partial charge in [0.15, 0.2) is 0 Å². The Morgan fingerprint density at radius 1 is 1.00 bits per heavy atom. The molecular weight excluding hydrogens is 184 g/mol. The molecule has 2 saturated heterocycles. The van der Waals surface area contributed by atoms with E-state index in [2.05, 4.69) is 10.2 Å². The number of nitrogens with one attached hydrogen (secondary N) is 1. The van der Waals surface area contributed by atoms with Crippen LogP contribution < -0.4 is 5.32 Å². The zero-order valence-corrected chi connectivity index (χ0v) is 9.75. The van der Waals surface area contributed by atoms with Gasteiger partial charge in [-0.3, -0.25) is 0 Å². The van der Waals surface area contributed by atoms with Crippen molar-refractivity contribution in [3.05, 3.63) is 0 Å². The summed E-state index contributed by atoms with van der Waals surface area (Å²) in [6, 6.07) is 0.833. The number of hydrogen-bond donors (Lipinski definition) is 1. The highest BCUT2D eigenvalue weighted by Crippen LogP contribution is 2.29. The third-order valence-electron chi connectivity index (χ3n) is 4.67. The van der Waals surface area contributed by atoms with Crippen molar-refractivity contribution in [1.29, 1.82) is 0 Å². The third kappa shape index (κ3) is 2.21. The van der Waals surface area contributed by atoms with E-state index in [1.54, 1.807) is 0 Å². The molecule has 2 heterocycles. The van der Waals surface area contributed by atoms with E-state index < -0.39 is 0 Å². The SMILES string of the molecule is C1CCC(CN2CC3CCCNC3C2)C1. The maximum absolute atomic E-state index is 3.69. The zero-order valence-electron chi connectivity index (χ0n) is 9.75. The van der Waals surface area contributed by atoms with Gasteiger partial charge in [0, 0.05) is 25.7 Å². The molecule has 0 aromatic rings. The standard InChI is InChI=1S/C13H24N2/c1-2-5-11(4-1)8-15-9-12-6-3-7-14-13(12)10-15/h11-14H,1-10H2. The fourth-order valence-electron chi connectivity index (χ4n) is 3.84. The monoisotopic (exact) mass is 208 g/mol. The Morgan fingerprint density at radius 2 is 1.87 bits per heavy atom. The van der Waals surface area contributed by atoms with Crippen molar-refractivity contribution in [1.82, 2.24) is 10.2 Å². The van der Waals surface area contributed by atoms with Crippen molar-refractivity contribution >= 4 is 0 Å². The molecule has 0 radical (unpaired) electrons. The fourth-order valence-corrected chi connectivity index (χ4v) is 3.84. The highest BCUT2D eigenvalue weighted by molar-refractivity contribution is 4.92. The lowest BCUT2D eigenvalue weighted by molar-refractivity contribution is 0.269. The predicted molar refractivity (Wildman–Crippen MR) is 62.9 cm³/mol. The van der Waals surface area contributed by atoms with Crippen LogP contribution in [0.2, 0.25) is 0 Å². The van der Waals surface area contributed by atoms with Crippen LogP contribution in [0, 0.1) is 11.8 Å². The highest BCUT2D eigenvalue weighted by atomic mass is 15.2. The second-order valence-electron chi connectivity index (χ2n) is 5.83. The summed E-state index contributed by atoms with van der Waals surface area (Å²) in [5.41, 5.74) is 0. The van der Waals surface area contributed by atoms with Crippen LogP contribution in [0.5, 0.6) is 0 Å². The summed E-state index contributed by atoms with van der Waals surface area (Å²) in [7, 11) is 0. The van der Waals surface area contributed by atoms with E-state index >= 15 is 0 Å².